The maximum absolute atomic E-state index is 10.9. The van der Waals surface area contributed by atoms with E-state index in [2.05, 4.69) is 5.32 Å². The lowest BCUT2D eigenvalue weighted by molar-refractivity contribution is -0.142. The number of hydrogen-bond donors (Lipinski definition) is 3. The zero-order valence-electron chi connectivity index (χ0n) is 8.20. The molecule has 0 amide bonds. The molecule has 0 saturated carbocycles. The summed E-state index contributed by atoms with van der Waals surface area (Å²) in [6, 6.07) is -0.839. The Morgan fingerprint density at radius 2 is 1.79 bits per heavy atom. The van der Waals surface area contributed by atoms with Gasteiger partial charge in [-0.25, -0.2) is 4.79 Å². The lowest BCUT2D eigenvalue weighted by Crippen LogP contribution is -2.50. The minimum Gasteiger partial charge on any atom is -0.480 e. The van der Waals surface area contributed by atoms with E-state index in [-0.39, 0.29) is 0 Å². The van der Waals surface area contributed by atoms with Crippen molar-refractivity contribution in [2.45, 2.75) is 36.4 Å². The molecule has 0 bridgehead atoms. The summed E-state index contributed by atoms with van der Waals surface area (Å²) >= 11 is 1.12. The van der Waals surface area contributed by atoms with Gasteiger partial charge in [-0.15, -0.1) is 11.8 Å². The average Bonchev–Trinajstić information content (AvgIpc) is 2.22. The summed E-state index contributed by atoms with van der Waals surface area (Å²) in [5, 5.41) is 20.4. The van der Waals surface area contributed by atoms with Crippen molar-refractivity contribution in [1.82, 2.24) is 5.32 Å². The van der Waals surface area contributed by atoms with Crippen LogP contribution in [0.3, 0.4) is 0 Å². The number of carboxylic acids is 2. The summed E-state index contributed by atoms with van der Waals surface area (Å²) in [5.74, 6) is -2.06. The van der Waals surface area contributed by atoms with Crippen LogP contribution in [-0.2, 0) is 9.59 Å². The number of nitrogens with one attached hydrogen (secondary N) is 1. The van der Waals surface area contributed by atoms with Crippen molar-refractivity contribution < 1.29 is 19.8 Å². The number of hydrogen-bond acceptors (Lipinski definition) is 4. The maximum Gasteiger partial charge on any atom is 0.334 e. The van der Waals surface area contributed by atoms with Crippen molar-refractivity contribution in [1.29, 1.82) is 0 Å². The second-order valence-electron chi connectivity index (χ2n) is 3.96. The molecule has 0 aliphatic carbocycles. The molecule has 0 aromatic rings. The van der Waals surface area contributed by atoms with Crippen LogP contribution in [0.4, 0.5) is 0 Å². The molecule has 80 valence electrons. The summed E-state index contributed by atoms with van der Waals surface area (Å²) in [6.45, 7) is 4.92. The molecule has 0 spiro atoms. The minimum absolute atomic E-state index is 0.626. The van der Waals surface area contributed by atoms with E-state index in [0.717, 1.165) is 11.8 Å². The van der Waals surface area contributed by atoms with Crippen molar-refractivity contribution >= 4 is 23.7 Å². The van der Waals surface area contributed by atoms with Crippen molar-refractivity contribution in [2.24, 2.45) is 0 Å². The molecular weight excluding hydrogens is 206 g/mol. The van der Waals surface area contributed by atoms with Crippen LogP contribution < -0.4 is 5.32 Å². The van der Waals surface area contributed by atoms with E-state index in [0.29, 0.717) is 0 Å². The smallest absolute Gasteiger partial charge is 0.334 e. The second kappa shape index (κ2) is 3.13. The molecule has 1 heterocycles. The molecule has 1 aliphatic heterocycles. The molecule has 1 fully saturated rings. The molecule has 0 radical (unpaired) electrons. The van der Waals surface area contributed by atoms with Crippen molar-refractivity contribution in [3.8, 4) is 0 Å². The van der Waals surface area contributed by atoms with Crippen molar-refractivity contribution in [3.63, 3.8) is 0 Å². The molecule has 3 N–H and O–H groups in total. The van der Waals surface area contributed by atoms with Crippen LogP contribution in [0.5, 0.6) is 0 Å². The average molecular weight is 219 g/mol. The monoisotopic (exact) mass is 219 g/mol. The van der Waals surface area contributed by atoms with Gasteiger partial charge in [0.1, 0.15) is 6.04 Å². The first-order valence-electron chi connectivity index (χ1n) is 4.13. The molecule has 1 rings (SSSR count). The summed E-state index contributed by atoms with van der Waals surface area (Å²) < 4.78 is -0.626. The molecule has 1 aliphatic rings. The van der Waals surface area contributed by atoms with E-state index in [1.807, 2.05) is 0 Å². The van der Waals surface area contributed by atoms with Gasteiger partial charge in [-0.05, 0) is 20.8 Å². The molecule has 2 atom stereocenters. The summed E-state index contributed by atoms with van der Waals surface area (Å²) in [6.07, 6.45) is 0. The van der Waals surface area contributed by atoms with E-state index >= 15 is 0 Å². The van der Waals surface area contributed by atoms with E-state index in [4.69, 9.17) is 10.2 Å². The Kier molecular flexibility index (Phi) is 2.53. The fraction of sp³-hybridized carbons (Fsp3) is 0.750. The Balaban J connectivity index is 2.97. The number of carboxylic acid groups (broad SMARTS) is 2. The third-order valence-corrected chi connectivity index (χ3v) is 3.70. The Morgan fingerprint density at radius 3 is 2.00 bits per heavy atom. The van der Waals surface area contributed by atoms with Gasteiger partial charge in [0, 0.05) is 4.75 Å². The van der Waals surface area contributed by atoms with Gasteiger partial charge >= 0.3 is 11.9 Å². The molecule has 14 heavy (non-hydrogen) atoms. The molecule has 5 nitrogen and oxygen atoms in total. The van der Waals surface area contributed by atoms with Gasteiger partial charge in [-0.3, -0.25) is 10.1 Å². The highest BCUT2D eigenvalue weighted by molar-refractivity contribution is 8.03. The van der Waals surface area contributed by atoms with Crippen LogP contribution in [0.2, 0.25) is 0 Å². The van der Waals surface area contributed by atoms with Gasteiger partial charge in [0.05, 0.1) is 0 Å². The van der Waals surface area contributed by atoms with Crippen LogP contribution in [0.15, 0.2) is 0 Å². The van der Waals surface area contributed by atoms with Crippen LogP contribution in [0, 0.1) is 0 Å². The van der Waals surface area contributed by atoms with E-state index in [1.165, 1.54) is 6.92 Å². The van der Waals surface area contributed by atoms with Crippen LogP contribution >= 0.6 is 11.8 Å². The molecule has 1 saturated heterocycles. The largest absolute Gasteiger partial charge is 0.480 e. The molecule has 0 aromatic heterocycles. The highest BCUT2D eigenvalue weighted by Gasteiger charge is 2.54. The normalized spacial score (nSPS) is 35.5. The Labute approximate surface area is 85.9 Å². The number of thioether (sulfide) groups is 1. The summed E-state index contributed by atoms with van der Waals surface area (Å²) in [7, 11) is 0. The number of carbonyl (C=O) groups is 2. The lowest BCUT2D eigenvalue weighted by Gasteiger charge is -2.21. The predicted molar refractivity (Wildman–Crippen MR) is 52.3 cm³/mol. The number of aliphatic carboxylic acids is 2. The quantitative estimate of drug-likeness (QED) is 0.621. The van der Waals surface area contributed by atoms with Crippen LogP contribution in [-0.4, -0.2) is 37.8 Å². The fourth-order valence-corrected chi connectivity index (χ4v) is 3.12. The lowest BCUT2D eigenvalue weighted by atomic mass is 10.0. The van der Waals surface area contributed by atoms with E-state index in [9.17, 15) is 9.59 Å². The molecule has 6 heteroatoms. The number of rotatable bonds is 2. The first kappa shape index (κ1) is 11.3. The maximum atomic E-state index is 10.9. The van der Waals surface area contributed by atoms with Crippen molar-refractivity contribution in [3.05, 3.63) is 0 Å². The van der Waals surface area contributed by atoms with E-state index < -0.39 is 27.6 Å². The van der Waals surface area contributed by atoms with Gasteiger partial charge < -0.3 is 10.2 Å². The Hall–Kier alpha value is -0.750. The van der Waals surface area contributed by atoms with Gasteiger partial charge in [-0.1, -0.05) is 0 Å². The topological polar surface area (TPSA) is 86.6 Å². The molecule has 0 unspecified atom stereocenters. The zero-order valence-corrected chi connectivity index (χ0v) is 9.01. The minimum atomic E-state index is -1.22. The van der Waals surface area contributed by atoms with Gasteiger partial charge in [0.15, 0.2) is 4.87 Å². The summed E-state index contributed by atoms with van der Waals surface area (Å²) in [5.41, 5.74) is 0. The van der Waals surface area contributed by atoms with Gasteiger partial charge in [-0.2, -0.15) is 0 Å². The predicted octanol–water partition coefficient (Wildman–Crippen LogP) is 0.355. The highest BCUT2D eigenvalue weighted by Crippen LogP contribution is 2.44. The molecule has 0 aromatic carbocycles. The third-order valence-electron chi connectivity index (χ3n) is 2.24. The molecular formula is C8H13NO4S. The fourth-order valence-electron chi connectivity index (χ4n) is 1.53. The SMILES string of the molecule is CC1(C)S[C@](C)(C(=O)O)N[C@@H]1C(=O)O. The van der Waals surface area contributed by atoms with E-state index in [1.54, 1.807) is 13.8 Å². The standard InChI is InChI=1S/C8H13NO4S/c1-7(2)4(5(10)11)9-8(3,14-7)6(12)13/h4,9H,1-3H3,(H,10,11)(H,12,13)/t4-,8-/m1/s1. The second-order valence-corrected chi connectivity index (χ2v) is 6.03. The zero-order chi connectivity index (χ0) is 11.1. The first-order chi connectivity index (χ1) is 6.19. The van der Waals surface area contributed by atoms with Crippen molar-refractivity contribution in [2.75, 3.05) is 0 Å². The third kappa shape index (κ3) is 1.72. The Bertz CT molecular complexity index is 291. The van der Waals surface area contributed by atoms with Crippen LogP contribution in [0.25, 0.3) is 0 Å². The van der Waals surface area contributed by atoms with Gasteiger partial charge in [0.2, 0.25) is 0 Å². The first-order valence-corrected chi connectivity index (χ1v) is 4.95. The Morgan fingerprint density at radius 1 is 1.29 bits per heavy atom. The highest BCUT2D eigenvalue weighted by atomic mass is 32.2. The van der Waals surface area contributed by atoms with Crippen LogP contribution in [0.1, 0.15) is 20.8 Å². The van der Waals surface area contributed by atoms with Gasteiger partial charge in [0.25, 0.3) is 0 Å². The summed E-state index contributed by atoms with van der Waals surface area (Å²) in [4.78, 5) is 20.5.